The summed E-state index contributed by atoms with van der Waals surface area (Å²) in [6.07, 6.45) is -3.39. The number of sulfone groups is 1. The highest BCUT2D eigenvalue weighted by atomic mass is 32.2. The molecule has 1 saturated heterocycles. The third-order valence-electron chi connectivity index (χ3n) is 8.14. The number of hydrogen-bond donors (Lipinski definition) is 4. The molecule has 1 amide bonds. The number of aliphatic carboxylic acids is 2. The van der Waals surface area contributed by atoms with Crippen LogP contribution in [-0.4, -0.2) is 71.4 Å². The van der Waals surface area contributed by atoms with Gasteiger partial charge in [-0.3, -0.25) is 9.59 Å². The van der Waals surface area contributed by atoms with Gasteiger partial charge in [-0.15, -0.1) is 0 Å². The van der Waals surface area contributed by atoms with E-state index in [2.05, 4.69) is 10.3 Å². The molecule has 1 aliphatic rings. The number of ether oxygens (including phenoxy) is 1. The summed E-state index contributed by atoms with van der Waals surface area (Å²) in [5.74, 6) is -5.93. The van der Waals surface area contributed by atoms with Gasteiger partial charge in [0.1, 0.15) is 11.9 Å². The number of anilines is 2. The van der Waals surface area contributed by atoms with Gasteiger partial charge in [-0.25, -0.2) is 22.6 Å². The summed E-state index contributed by atoms with van der Waals surface area (Å²) in [6, 6.07) is 15.2. The van der Waals surface area contributed by atoms with Gasteiger partial charge in [-0.2, -0.15) is 13.2 Å². The van der Waals surface area contributed by atoms with Crippen LogP contribution in [0.4, 0.5) is 29.1 Å². The number of rotatable bonds is 10. The van der Waals surface area contributed by atoms with Gasteiger partial charge in [0.05, 0.1) is 29.2 Å². The van der Waals surface area contributed by atoms with Gasteiger partial charge in [0.15, 0.2) is 21.4 Å². The molecule has 5 N–H and O–H groups in total. The van der Waals surface area contributed by atoms with Crippen molar-refractivity contribution in [2.24, 2.45) is 5.92 Å². The highest BCUT2D eigenvalue weighted by Gasteiger charge is 2.46. The molecule has 1 aliphatic heterocycles. The van der Waals surface area contributed by atoms with Crippen molar-refractivity contribution in [3.63, 3.8) is 0 Å². The van der Waals surface area contributed by atoms with Gasteiger partial charge in [0.25, 0.3) is 0 Å². The fourth-order valence-electron chi connectivity index (χ4n) is 5.72. The normalized spacial score (nSPS) is 16.5. The molecule has 272 valence electrons. The van der Waals surface area contributed by atoms with Gasteiger partial charge < -0.3 is 30.9 Å². The lowest BCUT2D eigenvalue weighted by atomic mass is 9.93. The van der Waals surface area contributed by atoms with Gasteiger partial charge in [-0.05, 0) is 72.3 Å². The molecule has 0 saturated carbocycles. The number of amides is 1. The van der Waals surface area contributed by atoms with Crippen LogP contribution in [0, 0.1) is 11.7 Å². The number of fused-ring (bicyclic) bond motifs is 1. The van der Waals surface area contributed by atoms with E-state index >= 15 is 0 Å². The number of aromatic nitrogens is 1. The molecule has 0 bridgehead atoms. The van der Waals surface area contributed by atoms with Crippen LogP contribution >= 0.6 is 0 Å². The number of nitrogens with one attached hydrogen (secondary N) is 1. The Balaban J connectivity index is 0.000000755. The number of nitrogens with two attached hydrogens (primary N) is 1. The van der Waals surface area contributed by atoms with Crippen molar-refractivity contribution in [3.8, 4) is 5.75 Å². The van der Waals surface area contributed by atoms with E-state index in [1.165, 1.54) is 36.1 Å². The number of carbonyl (C=O) groups excluding carboxylic acids is 1. The topological polar surface area (TPSA) is 189 Å². The zero-order valence-electron chi connectivity index (χ0n) is 27.2. The smallest absolute Gasteiger partial charge is 0.490 e. The number of benzene rings is 3. The molecule has 1 aromatic heterocycles. The van der Waals surface area contributed by atoms with Crippen LogP contribution in [0.15, 0.2) is 77.8 Å². The highest BCUT2D eigenvalue weighted by Crippen LogP contribution is 2.42. The molecule has 0 aliphatic carbocycles. The first-order chi connectivity index (χ1) is 24.0. The summed E-state index contributed by atoms with van der Waals surface area (Å²) in [4.78, 5) is 41.4. The molecule has 0 spiro atoms. The average Bonchev–Trinajstić information content (AvgIpc) is 3.54. The lowest BCUT2D eigenvalue weighted by Crippen LogP contribution is -2.39. The highest BCUT2D eigenvalue weighted by molar-refractivity contribution is 7.91. The number of halogens is 4. The zero-order chi connectivity index (χ0) is 37.7. The summed E-state index contributed by atoms with van der Waals surface area (Å²) >= 11 is 0. The van der Waals surface area contributed by atoms with E-state index < -0.39 is 57.7 Å². The Kier molecular flexibility index (Phi) is 11.7. The monoisotopic (exact) mass is 734 g/mol. The molecular weight excluding hydrogens is 700 g/mol. The predicted octanol–water partition coefficient (Wildman–Crippen LogP) is 5.61. The number of carboxylic acid groups (broad SMARTS) is 2. The maximum atomic E-state index is 14.6. The van der Waals surface area contributed by atoms with E-state index in [4.69, 9.17) is 20.4 Å². The third kappa shape index (κ3) is 8.65. The zero-order valence-corrected chi connectivity index (χ0v) is 28.0. The van der Waals surface area contributed by atoms with E-state index in [1.807, 2.05) is 0 Å². The van der Waals surface area contributed by atoms with Crippen molar-refractivity contribution in [2.45, 2.75) is 43.4 Å². The van der Waals surface area contributed by atoms with Crippen molar-refractivity contribution in [2.75, 3.05) is 30.0 Å². The van der Waals surface area contributed by atoms with E-state index in [0.29, 0.717) is 17.1 Å². The van der Waals surface area contributed by atoms with Gasteiger partial charge in [-0.1, -0.05) is 31.2 Å². The number of alkyl halides is 3. The van der Waals surface area contributed by atoms with Crippen LogP contribution in [0.5, 0.6) is 5.75 Å². The van der Waals surface area contributed by atoms with Crippen LogP contribution in [-0.2, 0) is 24.2 Å². The minimum atomic E-state index is -5.08. The van der Waals surface area contributed by atoms with Crippen LogP contribution < -0.4 is 15.8 Å². The van der Waals surface area contributed by atoms with Crippen molar-refractivity contribution < 1.29 is 55.3 Å². The third-order valence-corrected chi connectivity index (χ3v) is 9.94. The van der Waals surface area contributed by atoms with Crippen molar-refractivity contribution in [3.05, 3.63) is 89.9 Å². The van der Waals surface area contributed by atoms with Crippen molar-refractivity contribution in [1.29, 1.82) is 0 Å². The standard InChI is InChI=1S/C32H33FN4O6S.C2HF3O2/c1-3-43-26-18-20(9-12-25(26)33)28(36-21-10-11-22-19(17-21)13-15-35-30(22)34)31(38)37-16-14-24(32(39)40)29(37)23-7-5-6-8-27(23)44(41,42)4-2;3-2(4,5)1(6)7/h5-13,15,17-18,24,28-29,36H,3-4,14,16H2,1-2H3,(H2,34,35)(H,39,40);(H,6,7)/t24?,28-,29?;/m1./s1. The Morgan fingerprint density at radius 2 is 1.75 bits per heavy atom. The molecular formula is C34H34F4N4O8S. The summed E-state index contributed by atoms with van der Waals surface area (Å²) < 4.78 is 77.9. The number of carboxylic acids is 2. The van der Waals surface area contributed by atoms with Gasteiger partial charge >= 0.3 is 18.1 Å². The molecule has 4 aromatic rings. The summed E-state index contributed by atoms with van der Waals surface area (Å²) in [7, 11) is -3.75. The quantitative estimate of drug-likeness (QED) is 0.148. The average molecular weight is 735 g/mol. The van der Waals surface area contributed by atoms with Crippen molar-refractivity contribution >= 4 is 50.0 Å². The first-order valence-corrected chi connectivity index (χ1v) is 17.1. The molecule has 3 atom stereocenters. The van der Waals surface area contributed by atoms with Crippen LogP contribution in [0.3, 0.4) is 0 Å². The Labute approximate surface area is 289 Å². The molecule has 3 aromatic carbocycles. The molecule has 2 unspecified atom stereocenters. The van der Waals surface area contributed by atoms with E-state index in [0.717, 1.165) is 10.8 Å². The first-order valence-electron chi connectivity index (χ1n) is 15.5. The Morgan fingerprint density at radius 1 is 1.06 bits per heavy atom. The molecule has 17 heteroatoms. The lowest BCUT2D eigenvalue weighted by molar-refractivity contribution is -0.192. The van der Waals surface area contributed by atoms with E-state index in [-0.39, 0.29) is 41.5 Å². The van der Waals surface area contributed by atoms with Crippen LogP contribution in [0.25, 0.3) is 10.8 Å². The van der Waals surface area contributed by atoms with E-state index in [1.54, 1.807) is 55.6 Å². The Hall–Kier alpha value is -5.45. The molecule has 51 heavy (non-hydrogen) atoms. The van der Waals surface area contributed by atoms with Crippen LogP contribution in [0.1, 0.15) is 43.5 Å². The minimum absolute atomic E-state index is 0.0101. The lowest BCUT2D eigenvalue weighted by Gasteiger charge is -2.32. The SMILES string of the molecule is CCOc1cc([C@@H](Nc2ccc3c(N)nccc3c2)C(=O)N2CCC(C(=O)O)C2c2ccccc2S(=O)(=O)CC)ccc1F.O=C(O)C(F)(F)F. The second kappa shape index (κ2) is 15.6. The number of hydrogen-bond acceptors (Lipinski definition) is 9. The summed E-state index contributed by atoms with van der Waals surface area (Å²) in [5.41, 5.74) is 7.18. The maximum Gasteiger partial charge on any atom is 0.490 e. The molecule has 2 heterocycles. The summed E-state index contributed by atoms with van der Waals surface area (Å²) in [6.45, 7) is 3.49. The molecule has 1 fully saturated rings. The molecule has 0 radical (unpaired) electrons. The number of nitrogens with zero attached hydrogens (tertiary/aromatic N) is 2. The predicted molar refractivity (Wildman–Crippen MR) is 178 cm³/mol. The summed E-state index contributed by atoms with van der Waals surface area (Å²) in [5, 5.41) is 22.0. The first kappa shape index (κ1) is 38.4. The van der Waals surface area contributed by atoms with Gasteiger partial charge in [0.2, 0.25) is 5.91 Å². The molecule has 5 rings (SSSR count). The number of likely N-dealkylation sites (tertiary alicyclic amines) is 1. The fourth-order valence-corrected chi connectivity index (χ4v) is 6.87. The largest absolute Gasteiger partial charge is 0.491 e. The van der Waals surface area contributed by atoms with E-state index in [9.17, 15) is 40.7 Å². The van der Waals surface area contributed by atoms with Gasteiger partial charge in [0, 0.05) is 23.8 Å². The second-order valence-corrected chi connectivity index (χ2v) is 13.5. The number of nitrogen functional groups attached to an aromatic ring is 1. The second-order valence-electron chi connectivity index (χ2n) is 11.3. The fraction of sp³-hybridized carbons (Fsp3) is 0.294. The van der Waals surface area contributed by atoms with Crippen LogP contribution in [0.2, 0.25) is 0 Å². The number of pyridine rings is 1. The minimum Gasteiger partial charge on any atom is -0.491 e. The Morgan fingerprint density at radius 3 is 2.37 bits per heavy atom. The molecule has 12 nitrogen and oxygen atoms in total. The Bertz CT molecular complexity index is 2040. The van der Waals surface area contributed by atoms with Crippen molar-refractivity contribution in [1.82, 2.24) is 9.88 Å². The maximum absolute atomic E-state index is 14.6. The number of carbonyl (C=O) groups is 3.